The van der Waals surface area contributed by atoms with Gasteiger partial charge in [-0.2, -0.15) is 13.2 Å². The predicted molar refractivity (Wildman–Crippen MR) is 65.2 cm³/mol. The predicted octanol–water partition coefficient (Wildman–Crippen LogP) is 1.82. The monoisotopic (exact) mass is 289 g/mol. The maximum atomic E-state index is 12.7. The minimum absolute atomic E-state index is 0.0610. The second-order valence-electron chi connectivity index (χ2n) is 4.93. The summed E-state index contributed by atoms with van der Waals surface area (Å²) in [5.41, 5.74) is -1.81. The van der Waals surface area contributed by atoms with Crippen LogP contribution in [0.1, 0.15) is 12.5 Å². The Labute approximate surface area is 113 Å². The van der Waals surface area contributed by atoms with Gasteiger partial charge in [-0.1, -0.05) is 6.07 Å². The van der Waals surface area contributed by atoms with Gasteiger partial charge in [-0.3, -0.25) is 9.69 Å². The van der Waals surface area contributed by atoms with Crippen LogP contribution in [-0.4, -0.2) is 36.4 Å². The van der Waals surface area contributed by atoms with Crippen molar-refractivity contribution in [1.29, 1.82) is 0 Å². The number of amides is 1. The van der Waals surface area contributed by atoms with Gasteiger partial charge in [0.1, 0.15) is 6.61 Å². The molecule has 0 saturated carbocycles. The lowest BCUT2D eigenvalue weighted by molar-refractivity contribution is -0.138. The Bertz CT molecular complexity index is 518. The highest BCUT2D eigenvalue weighted by Gasteiger charge is 2.41. The smallest absolute Gasteiger partial charge is 0.394 e. The molecule has 1 aliphatic heterocycles. The molecule has 1 atom stereocenters. The molecule has 0 bridgehead atoms. The van der Waals surface area contributed by atoms with Crippen LogP contribution < -0.4 is 4.90 Å². The summed E-state index contributed by atoms with van der Waals surface area (Å²) in [4.78, 5) is 13.1. The lowest BCUT2D eigenvalue weighted by Crippen LogP contribution is -2.60. The van der Waals surface area contributed by atoms with Gasteiger partial charge in [0, 0.05) is 5.69 Å². The number of alkyl halides is 3. The van der Waals surface area contributed by atoms with Crippen molar-refractivity contribution in [3.05, 3.63) is 29.8 Å². The second-order valence-corrected chi connectivity index (χ2v) is 4.93. The number of nitrogens with zero attached hydrogens (tertiary/aromatic N) is 1. The van der Waals surface area contributed by atoms with Crippen LogP contribution in [-0.2, 0) is 15.7 Å². The molecular weight excluding hydrogens is 275 g/mol. The second kappa shape index (κ2) is 5.06. The van der Waals surface area contributed by atoms with E-state index in [1.165, 1.54) is 17.0 Å². The minimum atomic E-state index is -4.49. The Morgan fingerprint density at radius 3 is 2.75 bits per heavy atom. The normalized spacial score (nSPS) is 24.1. The number of morpholine rings is 1. The highest BCUT2D eigenvalue weighted by molar-refractivity contribution is 5.96. The number of carbonyl (C=O) groups excluding carboxylic acids is 1. The van der Waals surface area contributed by atoms with E-state index in [1.807, 2.05) is 0 Å². The van der Waals surface area contributed by atoms with Gasteiger partial charge in [-0.05, 0) is 25.1 Å². The number of anilines is 1. The molecule has 1 unspecified atom stereocenters. The van der Waals surface area contributed by atoms with Crippen LogP contribution >= 0.6 is 0 Å². The molecule has 1 fully saturated rings. The molecule has 0 aliphatic carbocycles. The fraction of sp³-hybridized carbons (Fsp3) is 0.462. The van der Waals surface area contributed by atoms with Crippen molar-refractivity contribution < 1.29 is 27.8 Å². The zero-order valence-electron chi connectivity index (χ0n) is 10.8. The first kappa shape index (κ1) is 14.8. The molecule has 4 nitrogen and oxygen atoms in total. The van der Waals surface area contributed by atoms with E-state index in [4.69, 9.17) is 4.74 Å². The van der Waals surface area contributed by atoms with Gasteiger partial charge < -0.3 is 9.84 Å². The van der Waals surface area contributed by atoms with Crippen molar-refractivity contribution in [3.8, 4) is 0 Å². The topological polar surface area (TPSA) is 49.8 Å². The minimum Gasteiger partial charge on any atom is -0.394 e. The SMILES string of the molecule is CC1(CO)COCC(=O)N1c1cccc(C(F)(F)F)c1. The highest BCUT2D eigenvalue weighted by Crippen LogP contribution is 2.34. The number of halogens is 3. The van der Waals surface area contributed by atoms with Gasteiger partial charge >= 0.3 is 6.18 Å². The third-order valence-electron chi connectivity index (χ3n) is 3.20. The summed E-state index contributed by atoms with van der Waals surface area (Å²) in [6, 6.07) is 4.48. The third-order valence-corrected chi connectivity index (χ3v) is 3.20. The standard InChI is InChI=1S/C13H14F3NO3/c1-12(7-18)8-20-6-11(19)17(12)10-4-2-3-9(5-10)13(14,15)16/h2-5,18H,6-8H2,1H3. The van der Waals surface area contributed by atoms with Crippen molar-refractivity contribution in [2.24, 2.45) is 0 Å². The molecule has 1 aliphatic rings. The van der Waals surface area contributed by atoms with Crippen LogP contribution in [0.15, 0.2) is 24.3 Å². The zero-order chi connectivity index (χ0) is 15.0. The average molecular weight is 289 g/mol. The molecule has 7 heteroatoms. The van der Waals surface area contributed by atoms with Gasteiger partial charge in [-0.25, -0.2) is 0 Å². The number of benzene rings is 1. The molecule has 1 N–H and O–H groups in total. The Morgan fingerprint density at radius 1 is 1.45 bits per heavy atom. The maximum absolute atomic E-state index is 12.7. The van der Waals surface area contributed by atoms with Crippen LogP contribution in [0.2, 0.25) is 0 Å². The molecule has 1 saturated heterocycles. The fourth-order valence-electron chi connectivity index (χ4n) is 2.18. The van der Waals surface area contributed by atoms with E-state index in [1.54, 1.807) is 6.92 Å². The van der Waals surface area contributed by atoms with Crippen LogP contribution in [0.5, 0.6) is 0 Å². The summed E-state index contributed by atoms with van der Waals surface area (Å²) >= 11 is 0. The average Bonchev–Trinajstić information content (AvgIpc) is 2.38. The van der Waals surface area contributed by atoms with Crippen LogP contribution in [0.4, 0.5) is 18.9 Å². The molecule has 1 aromatic rings. The van der Waals surface area contributed by atoms with E-state index in [0.717, 1.165) is 12.1 Å². The van der Waals surface area contributed by atoms with E-state index < -0.39 is 29.8 Å². The molecule has 110 valence electrons. The van der Waals surface area contributed by atoms with Crippen molar-refractivity contribution in [2.75, 3.05) is 24.7 Å². The van der Waals surface area contributed by atoms with E-state index in [-0.39, 0.29) is 18.9 Å². The summed E-state index contributed by atoms with van der Waals surface area (Å²) in [7, 11) is 0. The largest absolute Gasteiger partial charge is 0.416 e. The van der Waals surface area contributed by atoms with E-state index in [2.05, 4.69) is 0 Å². The number of aliphatic hydroxyl groups excluding tert-OH is 1. The Kier molecular flexibility index (Phi) is 3.75. The van der Waals surface area contributed by atoms with E-state index >= 15 is 0 Å². The Hall–Kier alpha value is -1.60. The number of hydrogen-bond acceptors (Lipinski definition) is 3. The summed E-state index contributed by atoms with van der Waals surface area (Å²) < 4.78 is 43.3. The maximum Gasteiger partial charge on any atom is 0.416 e. The van der Waals surface area contributed by atoms with Crippen molar-refractivity contribution in [1.82, 2.24) is 0 Å². The van der Waals surface area contributed by atoms with Crippen molar-refractivity contribution >= 4 is 11.6 Å². The molecule has 1 amide bonds. The number of aliphatic hydroxyl groups is 1. The number of hydrogen-bond donors (Lipinski definition) is 1. The quantitative estimate of drug-likeness (QED) is 0.903. The lowest BCUT2D eigenvalue weighted by atomic mass is 9.99. The summed E-state index contributed by atoms with van der Waals surface area (Å²) in [6.07, 6.45) is -4.49. The first-order chi connectivity index (χ1) is 9.28. The van der Waals surface area contributed by atoms with Gasteiger partial charge in [0.15, 0.2) is 0 Å². The Balaban J connectivity index is 2.45. The molecule has 1 heterocycles. The molecule has 1 aromatic carbocycles. The van der Waals surface area contributed by atoms with E-state index in [9.17, 15) is 23.1 Å². The molecule has 2 rings (SSSR count). The zero-order valence-corrected chi connectivity index (χ0v) is 10.8. The van der Waals surface area contributed by atoms with Gasteiger partial charge in [-0.15, -0.1) is 0 Å². The van der Waals surface area contributed by atoms with Crippen LogP contribution in [0.25, 0.3) is 0 Å². The molecular formula is C13H14F3NO3. The van der Waals surface area contributed by atoms with Crippen LogP contribution in [0.3, 0.4) is 0 Å². The third kappa shape index (κ3) is 2.64. The van der Waals surface area contributed by atoms with Gasteiger partial charge in [0.2, 0.25) is 0 Å². The molecule has 0 radical (unpaired) electrons. The summed E-state index contributed by atoms with van der Waals surface area (Å²) in [6.45, 7) is 0.997. The summed E-state index contributed by atoms with van der Waals surface area (Å²) in [5, 5.41) is 9.43. The summed E-state index contributed by atoms with van der Waals surface area (Å²) in [5.74, 6) is -0.480. The molecule has 0 spiro atoms. The van der Waals surface area contributed by atoms with Crippen molar-refractivity contribution in [2.45, 2.75) is 18.6 Å². The fourth-order valence-corrected chi connectivity index (χ4v) is 2.18. The lowest BCUT2D eigenvalue weighted by Gasteiger charge is -2.43. The number of rotatable bonds is 2. The van der Waals surface area contributed by atoms with Crippen molar-refractivity contribution in [3.63, 3.8) is 0 Å². The van der Waals surface area contributed by atoms with E-state index in [0.29, 0.717) is 0 Å². The van der Waals surface area contributed by atoms with Gasteiger partial charge in [0.05, 0.1) is 24.3 Å². The number of carbonyl (C=O) groups is 1. The molecule has 20 heavy (non-hydrogen) atoms. The highest BCUT2D eigenvalue weighted by atomic mass is 19.4. The molecule has 0 aromatic heterocycles. The Morgan fingerprint density at radius 2 is 2.15 bits per heavy atom. The number of ether oxygens (including phenoxy) is 1. The van der Waals surface area contributed by atoms with Gasteiger partial charge in [0.25, 0.3) is 5.91 Å². The first-order valence-corrected chi connectivity index (χ1v) is 5.97. The van der Waals surface area contributed by atoms with Crippen LogP contribution in [0, 0.1) is 0 Å². The first-order valence-electron chi connectivity index (χ1n) is 5.97.